The highest BCUT2D eigenvalue weighted by molar-refractivity contribution is 5.75. The summed E-state index contributed by atoms with van der Waals surface area (Å²) in [4.78, 5) is 17.1. The van der Waals surface area contributed by atoms with E-state index in [4.69, 9.17) is 4.74 Å². The van der Waals surface area contributed by atoms with E-state index in [1.807, 2.05) is 27.0 Å². The molecule has 0 N–H and O–H groups in total. The van der Waals surface area contributed by atoms with Gasteiger partial charge in [0.2, 0.25) is 0 Å². The Bertz CT molecular complexity index is 942. The van der Waals surface area contributed by atoms with Crippen LogP contribution in [0.3, 0.4) is 0 Å². The Morgan fingerprint density at radius 2 is 2.03 bits per heavy atom. The Morgan fingerprint density at radius 3 is 2.75 bits per heavy atom. The summed E-state index contributed by atoms with van der Waals surface area (Å²) in [5, 5.41) is 0. The Hall–Kier alpha value is -1.90. The highest BCUT2D eigenvalue weighted by Gasteiger charge is 2.58. The summed E-state index contributed by atoms with van der Waals surface area (Å²) in [6.45, 7) is 10.8. The summed E-state index contributed by atoms with van der Waals surface area (Å²) in [6, 6.07) is 4.41. The van der Waals surface area contributed by atoms with Crippen LogP contribution in [0.5, 0.6) is 0 Å². The van der Waals surface area contributed by atoms with E-state index < -0.39 is 5.41 Å². The molecule has 172 valence electrons. The average Bonchev–Trinajstić information content (AvgIpc) is 3.15. The molecule has 7 atom stereocenters. The van der Waals surface area contributed by atoms with E-state index in [1.54, 1.807) is 5.57 Å². The first-order valence-corrected chi connectivity index (χ1v) is 12.6. The lowest BCUT2D eigenvalue weighted by Crippen LogP contribution is -2.52. The van der Waals surface area contributed by atoms with Gasteiger partial charge in [-0.15, -0.1) is 0 Å². The van der Waals surface area contributed by atoms with Gasteiger partial charge in [-0.1, -0.05) is 43.7 Å². The SMILES string of the molecule is CC(C)(C)C(=O)OC1CCC2(C)C(=CCC3C4CC=CC4(C)CC(c4cccnc4)C32)C1. The molecule has 1 aromatic rings. The lowest BCUT2D eigenvalue weighted by Gasteiger charge is -2.60. The molecule has 3 nitrogen and oxygen atoms in total. The van der Waals surface area contributed by atoms with E-state index in [-0.39, 0.29) is 17.5 Å². The van der Waals surface area contributed by atoms with Gasteiger partial charge in [0.05, 0.1) is 5.41 Å². The fraction of sp³-hybridized carbons (Fsp3) is 0.655. The van der Waals surface area contributed by atoms with Crippen LogP contribution in [0.1, 0.15) is 84.6 Å². The van der Waals surface area contributed by atoms with Gasteiger partial charge in [0.15, 0.2) is 0 Å². The maximum atomic E-state index is 12.5. The summed E-state index contributed by atoms with van der Waals surface area (Å²) in [7, 11) is 0. The molecule has 1 heterocycles. The quantitative estimate of drug-likeness (QED) is 0.378. The van der Waals surface area contributed by atoms with Crippen LogP contribution < -0.4 is 0 Å². The van der Waals surface area contributed by atoms with Gasteiger partial charge in [0, 0.05) is 18.8 Å². The predicted octanol–water partition coefficient (Wildman–Crippen LogP) is 6.86. The van der Waals surface area contributed by atoms with Gasteiger partial charge < -0.3 is 4.74 Å². The Labute approximate surface area is 193 Å². The fourth-order valence-electron chi connectivity index (χ4n) is 7.66. The van der Waals surface area contributed by atoms with Crippen LogP contribution in [-0.2, 0) is 9.53 Å². The number of fused-ring (bicyclic) bond motifs is 5. The molecule has 0 radical (unpaired) electrons. The van der Waals surface area contributed by atoms with Crippen LogP contribution in [0.2, 0.25) is 0 Å². The molecule has 0 spiro atoms. The molecular formula is C29H39NO2. The van der Waals surface area contributed by atoms with Crippen LogP contribution in [0.25, 0.3) is 0 Å². The van der Waals surface area contributed by atoms with Gasteiger partial charge in [0.1, 0.15) is 6.10 Å². The molecule has 3 heteroatoms. The highest BCUT2D eigenvalue weighted by Crippen LogP contribution is 2.67. The number of ether oxygens (including phenoxy) is 1. The van der Waals surface area contributed by atoms with Crippen molar-refractivity contribution in [3.05, 3.63) is 53.9 Å². The first-order valence-electron chi connectivity index (χ1n) is 12.6. The van der Waals surface area contributed by atoms with Crippen molar-refractivity contribution < 1.29 is 9.53 Å². The number of hydrogen-bond acceptors (Lipinski definition) is 3. The van der Waals surface area contributed by atoms with Crippen molar-refractivity contribution in [2.24, 2.45) is 34.0 Å². The minimum Gasteiger partial charge on any atom is -0.462 e. The molecular weight excluding hydrogens is 394 g/mol. The summed E-state index contributed by atoms with van der Waals surface area (Å²) in [6.07, 6.45) is 18.1. The zero-order valence-electron chi connectivity index (χ0n) is 20.4. The minimum atomic E-state index is -0.443. The Morgan fingerprint density at radius 1 is 1.22 bits per heavy atom. The second-order valence-electron chi connectivity index (χ2n) is 12.4. The predicted molar refractivity (Wildman–Crippen MR) is 128 cm³/mol. The van der Waals surface area contributed by atoms with Gasteiger partial charge in [-0.2, -0.15) is 0 Å². The second kappa shape index (κ2) is 7.57. The maximum absolute atomic E-state index is 12.5. The lowest BCUT2D eigenvalue weighted by atomic mass is 9.44. The third kappa shape index (κ3) is 3.47. The fourth-order valence-corrected chi connectivity index (χ4v) is 7.66. The van der Waals surface area contributed by atoms with Crippen molar-refractivity contribution >= 4 is 5.97 Å². The van der Waals surface area contributed by atoms with Crippen molar-refractivity contribution in [2.45, 2.75) is 85.2 Å². The number of allylic oxidation sites excluding steroid dienone is 3. The molecule has 2 fully saturated rings. The molecule has 32 heavy (non-hydrogen) atoms. The Balaban J connectivity index is 1.48. The minimum absolute atomic E-state index is 0.0245. The number of rotatable bonds is 2. The largest absolute Gasteiger partial charge is 0.462 e. The standard InChI is InChI=1S/C29H39NO2/c1-27(2,3)26(31)32-21-12-14-29(5)20(16-21)10-11-22-24-9-6-13-28(24,4)17-23(25(22)29)19-8-7-15-30-18-19/h6-8,10,13,15,18,21-25H,9,11-12,14,16-17H2,1-5H3. The summed E-state index contributed by atoms with van der Waals surface area (Å²) < 4.78 is 5.98. The van der Waals surface area contributed by atoms with Gasteiger partial charge in [-0.05, 0) is 99.0 Å². The monoisotopic (exact) mass is 433 g/mol. The lowest BCUT2D eigenvalue weighted by molar-refractivity contribution is -0.161. The molecule has 0 bridgehead atoms. The summed E-state index contributed by atoms with van der Waals surface area (Å²) >= 11 is 0. The molecule has 1 aromatic heterocycles. The van der Waals surface area contributed by atoms with Gasteiger partial charge in [-0.3, -0.25) is 9.78 Å². The molecule has 0 saturated heterocycles. The summed E-state index contributed by atoms with van der Waals surface area (Å²) in [5.41, 5.74) is 2.98. The molecule has 0 aromatic carbocycles. The van der Waals surface area contributed by atoms with Crippen LogP contribution in [0, 0.1) is 34.0 Å². The zero-order valence-corrected chi connectivity index (χ0v) is 20.4. The number of carbonyl (C=O) groups is 1. The van der Waals surface area contributed by atoms with E-state index >= 15 is 0 Å². The van der Waals surface area contributed by atoms with Crippen molar-refractivity contribution in [1.82, 2.24) is 4.98 Å². The van der Waals surface area contributed by atoms with Crippen molar-refractivity contribution in [3.63, 3.8) is 0 Å². The van der Waals surface area contributed by atoms with E-state index in [0.29, 0.717) is 23.2 Å². The molecule has 2 saturated carbocycles. The van der Waals surface area contributed by atoms with Crippen molar-refractivity contribution in [1.29, 1.82) is 0 Å². The van der Waals surface area contributed by atoms with Crippen LogP contribution in [0.15, 0.2) is 48.3 Å². The highest BCUT2D eigenvalue weighted by atomic mass is 16.5. The van der Waals surface area contributed by atoms with Crippen LogP contribution in [-0.4, -0.2) is 17.1 Å². The van der Waals surface area contributed by atoms with E-state index in [0.717, 1.165) is 31.6 Å². The van der Waals surface area contributed by atoms with E-state index in [9.17, 15) is 4.79 Å². The average molecular weight is 434 g/mol. The maximum Gasteiger partial charge on any atom is 0.311 e. The van der Waals surface area contributed by atoms with Crippen molar-refractivity contribution in [3.8, 4) is 0 Å². The first-order chi connectivity index (χ1) is 15.1. The van der Waals surface area contributed by atoms with E-state index in [2.05, 4.69) is 55.4 Å². The number of pyridine rings is 1. The number of esters is 1. The zero-order chi connectivity index (χ0) is 22.7. The third-order valence-electron chi connectivity index (χ3n) is 9.34. The van der Waals surface area contributed by atoms with Crippen LogP contribution in [0.4, 0.5) is 0 Å². The molecule has 0 aliphatic heterocycles. The summed E-state index contributed by atoms with van der Waals surface area (Å²) in [5.74, 6) is 2.53. The number of hydrogen-bond donors (Lipinski definition) is 0. The normalized spacial score (nSPS) is 40.7. The van der Waals surface area contributed by atoms with Gasteiger partial charge in [0.25, 0.3) is 0 Å². The Kier molecular flexibility index (Phi) is 5.18. The number of nitrogens with zero attached hydrogens (tertiary/aromatic N) is 1. The molecule has 7 unspecified atom stereocenters. The molecule has 4 aliphatic carbocycles. The smallest absolute Gasteiger partial charge is 0.311 e. The van der Waals surface area contributed by atoms with Crippen molar-refractivity contribution in [2.75, 3.05) is 0 Å². The third-order valence-corrected chi connectivity index (χ3v) is 9.34. The first kappa shape index (κ1) is 21.9. The topological polar surface area (TPSA) is 39.2 Å². The molecule has 5 rings (SSSR count). The second-order valence-corrected chi connectivity index (χ2v) is 12.4. The van der Waals surface area contributed by atoms with Crippen LogP contribution >= 0.6 is 0 Å². The van der Waals surface area contributed by atoms with Gasteiger partial charge in [-0.25, -0.2) is 0 Å². The molecule has 4 aliphatic rings. The van der Waals surface area contributed by atoms with E-state index in [1.165, 1.54) is 18.4 Å². The number of aromatic nitrogens is 1. The van der Waals surface area contributed by atoms with Gasteiger partial charge >= 0.3 is 5.97 Å². The number of carbonyl (C=O) groups excluding carboxylic acids is 1. The molecule has 0 amide bonds.